The molecule has 2 N–H and O–H groups in total. The van der Waals surface area contributed by atoms with E-state index in [1.54, 1.807) is 48.5 Å². The first-order valence-electron chi connectivity index (χ1n) is 7.33. The van der Waals surface area contributed by atoms with Crippen molar-refractivity contribution in [1.29, 1.82) is 0 Å². The summed E-state index contributed by atoms with van der Waals surface area (Å²) in [5, 5.41) is 11.5. The SMILES string of the molecule is CC(C)Oc1ccc(C(=O)Nc2ccc(CC(=O)O)cc2)cc1. The Balaban J connectivity index is 1.99. The zero-order valence-electron chi connectivity index (χ0n) is 13.1. The maximum absolute atomic E-state index is 12.2. The first-order chi connectivity index (χ1) is 10.9. The van der Waals surface area contributed by atoms with E-state index in [1.807, 2.05) is 13.8 Å². The van der Waals surface area contributed by atoms with E-state index in [0.29, 0.717) is 16.8 Å². The predicted octanol–water partition coefficient (Wildman–Crippen LogP) is 3.35. The third-order valence-electron chi connectivity index (χ3n) is 3.06. The highest BCUT2D eigenvalue weighted by atomic mass is 16.5. The van der Waals surface area contributed by atoms with Gasteiger partial charge in [0.1, 0.15) is 5.75 Å². The van der Waals surface area contributed by atoms with E-state index >= 15 is 0 Å². The molecule has 0 radical (unpaired) electrons. The minimum absolute atomic E-state index is 0.0362. The van der Waals surface area contributed by atoms with Gasteiger partial charge in [0.15, 0.2) is 0 Å². The number of nitrogens with one attached hydrogen (secondary N) is 1. The van der Waals surface area contributed by atoms with Gasteiger partial charge in [0.2, 0.25) is 0 Å². The van der Waals surface area contributed by atoms with Gasteiger partial charge < -0.3 is 15.2 Å². The standard InChI is InChI=1S/C18H19NO4/c1-12(2)23-16-9-5-14(6-10-16)18(22)19-15-7-3-13(4-8-15)11-17(20)21/h3-10,12H,11H2,1-2H3,(H,19,22)(H,20,21). The zero-order valence-corrected chi connectivity index (χ0v) is 13.1. The molecule has 0 aliphatic carbocycles. The van der Waals surface area contributed by atoms with E-state index in [9.17, 15) is 9.59 Å². The second kappa shape index (κ2) is 7.45. The Morgan fingerprint density at radius 1 is 1.04 bits per heavy atom. The minimum Gasteiger partial charge on any atom is -0.491 e. The summed E-state index contributed by atoms with van der Waals surface area (Å²) < 4.78 is 5.53. The summed E-state index contributed by atoms with van der Waals surface area (Å²) in [7, 11) is 0. The van der Waals surface area contributed by atoms with Gasteiger partial charge >= 0.3 is 5.97 Å². The normalized spacial score (nSPS) is 10.4. The van der Waals surface area contributed by atoms with Gasteiger partial charge in [-0.25, -0.2) is 0 Å². The van der Waals surface area contributed by atoms with Crippen LogP contribution >= 0.6 is 0 Å². The first kappa shape index (κ1) is 16.5. The molecule has 0 saturated carbocycles. The van der Waals surface area contributed by atoms with E-state index in [1.165, 1.54) is 0 Å². The molecule has 1 amide bonds. The van der Waals surface area contributed by atoms with Crippen LogP contribution in [-0.4, -0.2) is 23.1 Å². The number of carbonyl (C=O) groups is 2. The monoisotopic (exact) mass is 313 g/mol. The van der Waals surface area contributed by atoms with Crippen LogP contribution in [-0.2, 0) is 11.2 Å². The summed E-state index contributed by atoms with van der Waals surface area (Å²) in [4.78, 5) is 22.8. The lowest BCUT2D eigenvalue weighted by Crippen LogP contribution is -2.12. The van der Waals surface area contributed by atoms with E-state index in [0.717, 1.165) is 5.75 Å². The van der Waals surface area contributed by atoms with Crippen LogP contribution in [0.25, 0.3) is 0 Å². The molecule has 0 aliphatic rings. The molecule has 5 nitrogen and oxygen atoms in total. The highest BCUT2D eigenvalue weighted by molar-refractivity contribution is 6.04. The van der Waals surface area contributed by atoms with Crippen LogP contribution < -0.4 is 10.1 Å². The van der Waals surface area contributed by atoms with Crippen LogP contribution in [0.15, 0.2) is 48.5 Å². The number of rotatable bonds is 6. The molecular weight excluding hydrogens is 294 g/mol. The summed E-state index contributed by atoms with van der Waals surface area (Å²) in [6.07, 6.45) is 0.0462. The second-order valence-electron chi connectivity index (χ2n) is 5.41. The van der Waals surface area contributed by atoms with Gasteiger partial charge in [-0.15, -0.1) is 0 Å². The Morgan fingerprint density at radius 3 is 2.17 bits per heavy atom. The van der Waals surface area contributed by atoms with Crippen LogP contribution in [0.1, 0.15) is 29.8 Å². The van der Waals surface area contributed by atoms with Crippen molar-refractivity contribution in [2.45, 2.75) is 26.4 Å². The molecule has 23 heavy (non-hydrogen) atoms. The Labute approximate surface area is 134 Å². The van der Waals surface area contributed by atoms with Crippen LogP contribution in [0.5, 0.6) is 5.75 Å². The molecule has 2 aromatic carbocycles. The van der Waals surface area contributed by atoms with Gasteiger partial charge in [-0.2, -0.15) is 0 Å². The van der Waals surface area contributed by atoms with Crippen molar-refractivity contribution in [1.82, 2.24) is 0 Å². The zero-order chi connectivity index (χ0) is 16.8. The maximum atomic E-state index is 12.2. The summed E-state index contributed by atoms with van der Waals surface area (Å²) in [5.74, 6) is -0.396. The van der Waals surface area contributed by atoms with Crippen molar-refractivity contribution in [3.8, 4) is 5.75 Å². The van der Waals surface area contributed by atoms with Crippen molar-refractivity contribution in [3.05, 3.63) is 59.7 Å². The van der Waals surface area contributed by atoms with Crippen LogP contribution in [0, 0.1) is 0 Å². The van der Waals surface area contributed by atoms with Gasteiger partial charge in [0, 0.05) is 11.3 Å². The third kappa shape index (κ3) is 5.14. The van der Waals surface area contributed by atoms with Crippen molar-refractivity contribution in [2.75, 3.05) is 5.32 Å². The minimum atomic E-state index is -0.884. The van der Waals surface area contributed by atoms with Crippen molar-refractivity contribution < 1.29 is 19.4 Å². The second-order valence-corrected chi connectivity index (χ2v) is 5.41. The van der Waals surface area contributed by atoms with Crippen LogP contribution in [0.2, 0.25) is 0 Å². The fourth-order valence-corrected chi connectivity index (χ4v) is 2.04. The fourth-order valence-electron chi connectivity index (χ4n) is 2.04. The van der Waals surface area contributed by atoms with Crippen LogP contribution in [0.4, 0.5) is 5.69 Å². The lowest BCUT2D eigenvalue weighted by molar-refractivity contribution is -0.136. The lowest BCUT2D eigenvalue weighted by atomic mass is 10.1. The quantitative estimate of drug-likeness (QED) is 0.857. The highest BCUT2D eigenvalue weighted by Gasteiger charge is 2.07. The number of carbonyl (C=O) groups excluding carboxylic acids is 1. The third-order valence-corrected chi connectivity index (χ3v) is 3.06. The number of hydrogen-bond donors (Lipinski definition) is 2. The van der Waals surface area contributed by atoms with E-state index in [4.69, 9.17) is 9.84 Å². The molecule has 0 fully saturated rings. The number of carboxylic acids is 1. The number of aliphatic carboxylic acids is 1. The molecule has 0 aromatic heterocycles. The summed E-state index contributed by atoms with van der Waals surface area (Å²) in [6, 6.07) is 13.7. The molecule has 0 spiro atoms. The molecular formula is C18H19NO4. The number of hydrogen-bond acceptors (Lipinski definition) is 3. The van der Waals surface area contributed by atoms with Crippen molar-refractivity contribution in [3.63, 3.8) is 0 Å². The van der Waals surface area contributed by atoms with E-state index in [-0.39, 0.29) is 18.4 Å². The number of anilines is 1. The van der Waals surface area contributed by atoms with Gasteiger partial charge in [-0.05, 0) is 55.8 Å². The average molecular weight is 313 g/mol. The molecule has 2 rings (SSSR count). The molecule has 2 aromatic rings. The summed E-state index contributed by atoms with van der Waals surface area (Å²) >= 11 is 0. The molecule has 120 valence electrons. The molecule has 0 saturated heterocycles. The Morgan fingerprint density at radius 2 is 1.65 bits per heavy atom. The Hall–Kier alpha value is -2.82. The Kier molecular flexibility index (Phi) is 5.36. The summed E-state index contributed by atoms with van der Waals surface area (Å²) in [6.45, 7) is 3.88. The molecule has 0 atom stereocenters. The first-order valence-corrected chi connectivity index (χ1v) is 7.33. The lowest BCUT2D eigenvalue weighted by Gasteiger charge is -2.10. The van der Waals surface area contributed by atoms with Gasteiger partial charge in [-0.1, -0.05) is 12.1 Å². The molecule has 0 bridgehead atoms. The van der Waals surface area contributed by atoms with E-state index < -0.39 is 5.97 Å². The highest BCUT2D eigenvalue weighted by Crippen LogP contribution is 2.16. The topological polar surface area (TPSA) is 75.6 Å². The van der Waals surface area contributed by atoms with E-state index in [2.05, 4.69) is 5.32 Å². The van der Waals surface area contributed by atoms with Gasteiger partial charge in [-0.3, -0.25) is 9.59 Å². The predicted molar refractivity (Wildman–Crippen MR) is 87.9 cm³/mol. The van der Waals surface area contributed by atoms with Crippen LogP contribution in [0.3, 0.4) is 0 Å². The number of benzene rings is 2. The molecule has 0 aliphatic heterocycles. The number of carboxylic acid groups (broad SMARTS) is 1. The molecule has 5 heteroatoms. The van der Waals surface area contributed by atoms with Gasteiger partial charge in [0.05, 0.1) is 12.5 Å². The number of ether oxygens (including phenoxy) is 1. The molecule has 0 unspecified atom stereocenters. The Bertz CT molecular complexity index is 675. The summed E-state index contributed by atoms with van der Waals surface area (Å²) in [5.41, 5.74) is 1.83. The smallest absolute Gasteiger partial charge is 0.307 e. The molecule has 0 heterocycles. The fraction of sp³-hybridized carbons (Fsp3) is 0.222. The maximum Gasteiger partial charge on any atom is 0.307 e. The largest absolute Gasteiger partial charge is 0.491 e. The van der Waals surface area contributed by atoms with Crippen molar-refractivity contribution in [2.24, 2.45) is 0 Å². The van der Waals surface area contributed by atoms with Gasteiger partial charge in [0.25, 0.3) is 5.91 Å². The average Bonchev–Trinajstić information content (AvgIpc) is 2.49. The number of amides is 1. The van der Waals surface area contributed by atoms with Crippen molar-refractivity contribution >= 4 is 17.6 Å².